The van der Waals surface area contributed by atoms with Gasteiger partial charge in [-0.1, -0.05) is 63.4 Å². The monoisotopic (exact) mass is 290 g/mol. The van der Waals surface area contributed by atoms with Crippen LogP contribution in [0.15, 0.2) is 30.3 Å². The number of benzene rings is 1. The van der Waals surface area contributed by atoms with Gasteiger partial charge in [0, 0.05) is 0 Å². The van der Waals surface area contributed by atoms with Crippen molar-refractivity contribution >= 4 is 0 Å². The van der Waals surface area contributed by atoms with Crippen LogP contribution in [0.5, 0.6) is 0 Å². The Hall–Kier alpha value is -0.860. The molecule has 0 bridgehead atoms. The summed E-state index contributed by atoms with van der Waals surface area (Å²) in [6, 6.07) is 10.1. The van der Waals surface area contributed by atoms with Crippen LogP contribution >= 0.6 is 0 Å². The minimum atomic E-state index is -0.821. The van der Waals surface area contributed by atoms with Gasteiger partial charge in [0.15, 0.2) is 0 Å². The molecule has 0 aliphatic heterocycles. The van der Waals surface area contributed by atoms with Crippen molar-refractivity contribution in [2.45, 2.75) is 70.5 Å². The van der Waals surface area contributed by atoms with E-state index in [9.17, 15) is 5.11 Å². The van der Waals surface area contributed by atoms with Crippen molar-refractivity contribution in [2.24, 2.45) is 5.92 Å². The molecule has 2 nitrogen and oxygen atoms in total. The van der Waals surface area contributed by atoms with E-state index in [1.54, 1.807) is 0 Å². The first-order valence-electron chi connectivity index (χ1n) is 8.60. The lowest BCUT2D eigenvalue weighted by atomic mass is 9.80. The number of rotatable bonds is 8. The molecule has 2 rings (SSSR count). The smallest absolute Gasteiger partial charge is 0.116 e. The summed E-state index contributed by atoms with van der Waals surface area (Å²) in [5.74, 6) is 0.332. The molecule has 1 N–H and O–H groups in total. The summed E-state index contributed by atoms with van der Waals surface area (Å²) in [5, 5.41) is 11.4. The van der Waals surface area contributed by atoms with Gasteiger partial charge in [-0.2, -0.15) is 0 Å². The minimum absolute atomic E-state index is 0.270. The third kappa shape index (κ3) is 4.08. The molecule has 0 unspecified atom stereocenters. The maximum absolute atomic E-state index is 11.4. The molecule has 0 spiro atoms. The van der Waals surface area contributed by atoms with Crippen LogP contribution in [0.2, 0.25) is 0 Å². The molecule has 118 valence electrons. The predicted molar refractivity (Wildman–Crippen MR) is 87.2 cm³/mol. The largest absolute Gasteiger partial charge is 0.382 e. The van der Waals surface area contributed by atoms with Crippen molar-refractivity contribution in [1.82, 2.24) is 0 Å². The van der Waals surface area contributed by atoms with Crippen molar-refractivity contribution in [3.8, 4) is 0 Å². The first kappa shape index (κ1) is 16.5. The highest BCUT2D eigenvalue weighted by Gasteiger charge is 2.40. The van der Waals surface area contributed by atoms with Gasteiger partial charge < -0.3 is 9.84 Å². The zero-order valence-corrected chi connectivity index (χ0v) is 13.6. The summed E-state index contributed by atoms with van der Waals surface area (Å²) in [5.41, 5.74) is 0.196. The Kier molecular flexibility index (Phi) is 6.25. The molecule has 1 aliphatic rings. The Bertz CT molecular complexity index is 397. The first-order chi connectivity index (χ1) is 10.2. The molecule has 2 atom stereocenters. The van der Waals surface area contributed by atoms with Gasteiger partial charge in [-0.3, -0.25) is 0 Å². The third-order valence-electron chi connectivity index (χ3n) is 4.91. The summed E-state index contributed by atoms with van der Waals surface area (Å²) in [6.45, 7) is 4.78. The van der Waals surface area contributed by atoms with Gasteiger partial charge in [0.25, 0.3) is 0 Å². The fraction of sp³-hybridized carbons (Fsp3) is 0.684. The van der Waals surface area contributed by atoms with Crippen molar-refractivity contribution in [2.75, 3.05) is 6.61 Å². The van der Waals surface area contributed by atoms with E-state index in [0.29, 0.717) is 12.5 Å². The van der Waals surface area contributed by atoms with Crippen LogP contribution in [-0.2, 0) is 10.3 Å². The summed E-state index contributed by atoms with van der Waals surface area (Å²) < 4.78 is 6.11. The Labute approximate surface area is 129 Å². The first-order valence-corrected chi connectivity index (χ1v) is 8.60. The van der Waals surface area contributed by atoms with Crippen LogP contribution in [0.1, 0.15) is 64.4 Å². The van der Waals surface area contributed by atoms with E-state index >= 15 is 0 Å². The van der Waals surface area contributed by atoms with Gasteiger partial charge in [-0.25, -0.2) is 0 Å². The molecule has 1 saturated carbocycles. The Morgan fingerprint density at radius 3 is 2.43 bits per heavy atom. The van der Waals surface area contributed by atoms with Crippen molar-refractivity contribution in [3.05, 3.63) is 35.9 Å². The SMILES string of the molecule is CCC[C@@H](CC)OC[C@](O)(c1ccccc1)C1CCCC1. The summed E-state index contributed by atoms with van der Waals surface area (Å²) in [6.07, 6.45) is 8.17. The van der Waals surface area contributed by atoms with E-state index < -0.39 is 5.60 Å². The third-order valence-corrected chi connectivity index (χ3v) is 4.91. The topological polar surface area (TPSA) is 29.5 Å². The zero-order chi connectivity index (χ0) is 15.1. The molecular formula is C19H30O2. The highest BCUT2D eigenvalue weighted by Crippen LogP contribution is 2.41. The molecule has 1 fully saturated rings. The second-order valence-corrected chi connectivity index (χ2v) is 6.40. The van der Waals surface area contributed by atoms with Gasteiger partial charge in [0.2, 0.25) is 0 Å². The average molecular weight is 290 g/mol. The summed E-state index contributed by atoms with van der Waals surface area (Å²) in [7, 11) is 0. The average Bonchev–Trinajstić information content (AvgIpc) is 3.07. The lowest BCUT2D eigenvalue weighted by Crippen LogP contribution is -2.40. The maximum Gasteiger partial charge on any atom is 0.116 e. The lowest BCUT2D eigenvalue weighted by Gasteiger charge is -2.35. The van der Waals surface area contributed by atoms with Crippen molar-refractivity contribution in [1.29, 1.82) is 0 Å². The molecule has 0 saturated heterocycles. The number of aliphatic hydroxyl groups is 1. The Morgan fingerprint density at radius 1 is 1.19 bits per heavy atom. The molecule has 0 radical (unpaired) electrons. The second kappa shape index (κ2) is 7.95. The molecule has 2 heteroatoms. The van der Waals surface area contributed by atoms with Crippen LogP contribution in [0.4, 0.5) is 0 Å². The Morgan fingerprint density at radius 2 is 1.86 bits per heavy atom. The van der Waals surface area contributed by atoms with Gasteiger partial charge in [0.1, 0.15) is 5.60 Å². The van der Waals surface area contributed by atoms with E-state index in [0.717, 1.165) is 37.7 Å². The van der Waals surface area contributed by atoms with E-state index in [2.05, 4.69) is 13.8 Å². The molecule has 1 aliphatic carbocycles. The molecule has 0 amide bonds. The van der Waals surface area contributed by atoms with Gasteiger partial charge in [-0.15, -0.1) is 0 Å². The van der Waals surface area contributed by atoms with E-state index in [4.69, 9.17) is 4.74 Å². The van der Waals surface area contributed by atoms with Crippen molar-refractivity contribution < 1.29 is 9.84 Å². The Balaban J connectivity index is 2.12. The standard InChI is InChI=1S/C19H30O2/c1-3-10-18(4-2)21-15-19(20,17-13-8-9-14-17)16-11-6-5-7-12-16/h5-7,11-12,17-18,20H,3-4,8-10,13-15H2,1-2H3/t18-,19+/m1/s1. The summed E-state index contributed by atoms with van der Waals surface area (Å²) >= 11 is 0. The van der Waals surface area contributed by atoms with E-state index in [-0.39, 0.29) is 6.10 Å². The van der Waals surface area contributed by atoms with Gasteiger partial charge >= 0.3 is 0 Å². The highest BCUT2D eigenvalue weighted by molar-refractivity contribution is 5.24. The number of ether oxygens (including phenoxy) is 1. The van der Waals surface area contributed by atoms with E-state index in [1.165, 1.54) is 12.8 Å². The zero-order valence-electron chi connectivity index (χ0n) is 13.6. The molecule has 21 heavy (non-hydrogen) atoms. The molecule has 1 aromatic rings. The van der Waals surface area contributed by atoms with Crippen LogP contribution in [0.25, 0.3) is 0 Å². The molecule has 1 aromatic carbocycles. The van der Waals surface area contributed by atoms with Crippen LogP contribution < -0.4 is 0 Å². The normalized spacial score (nSPS) is 20.3. The van der Waals surface area contributed by atoms with Crippen LogP contribution in [0.3, 0.4) is 0 Å². The second-order valence-electron chi connectivity index (χ2n) is 6.40. The molecule has 0 aromatic heterocycles. The van der Waals surface area contributed by atoms with E-state index in [1.807, 2.05) is 30.3 Å². The predicted octanol–water partition coefficient (Wildman–Crippen LogP) is 4.66. The number of hydrogen-bond donors (Lipinski definition) is 1. The van der Waals surface area contributed by atoms with Crippen molar-refractivity contribution in [3.63, 3.8) is 0 Å². The van der Waals surface area contributed by atoms with Gasteiger partial charge in [-0.05, 0) is 37.2 Å². The van der Waals surface area contributed by atoms with Gasteiger partial charge in [0.05, 0.1) is 12.7 Å². The highest BCUT2D eigenvalue weighted by atomic mass is 16.5. The molecular weight excluding hydrogens is 260 g/mol. The fourth-order valence-electron chi connectivity index (χ4n) is 3.54. The van der Waals surface area contributed by atoms with Crippen LogP contribution in [-0.4, -0.2) is 17.8 Å². The fourth-order valence-corrected chi connectivity index (χ4v) is 3.54. The minimum Gasteiger partial charge on any atom is -0.382 e. The molecule has 0 heterocycles. The quantitative estimate of drug-likeness (QED) is 0.754. The van der Waals surface area contributed by atoms with Crippen LogP contribution in [0, 0.1) is 5.92 Å². The maximum atomic E-state index is 11.4. The lowest BCUT2D eigenvalue weighted by molar-refractivity contribution is -0.111. The summed E-state index contributed by atoms with van der Waals surface area (Å²) in [4.78, 5) is 0. The number of hydrogen-bond acceptors (Lipinski definition) is 2.